The van der Waals surface area contributed by atoms with E-state index in [9.17, 15) is 10.0 Å². The summed E-state index contributed by atoms with van der Waals surface area (Å²) < 4.78 is 0. The van der Waals surface area contributed by atoms with Gasteiger partial charge in [0.25, 0.3) is 0 Å². The van der Waals surface area contributed by atoms with Gasteiger partial charge in [0, 0.05) is 0 Å². The van der Waals surface area contributed by atoms with Crippen molar-refractivity contribution in [3.05, 3.63) is 47.5 Å². The van der Waals surface area contributed by atoms with E-state index in [2.05, 4.69) is 12.1 Å². The molecule has 1 atom stereocenters. The van der Waals surface area contributed by atoms with Crippen molar-refractivity contribution in [2.75, 3.05) is 0 Å². The Morgan fingerprint density at radius 2 is 2.05 bits per heavy atom. The maximum atomic E-state index is 11.2. The number of nitrogens with zero attached hydrogens (tertiary/aromatic N) is 1. The molecular formula is C15H16N2O2. The SMILES string of the molecule is NC(=O)N(O)[C@@H]1CCCc2c1ccc1ccccc21. The van der Waals surface area contributed by atoms with Gasteiger partial charge in [-0.3, -0.25) is 5.21 Å². The van der Waals surface area contributed by atoms with Crippen LogP contribution >= 0.6 is 0 Å². The molecule has 0 saturated carbocycles. The molecule has 0 heterocycles. The fourth-order valence-corrected chi connectivity index (χ4v) is 2.98. The Morgan fingerprint density at radius 3 is 2.84 bits per heavy atom. The summed E-state index contributed by atoms with van der Waals surface area (Å²) >= 11 is 0. The highest BCUT2D eigenvalue weighted by Gasteiger charge is 2.28. The molecule has 0 saturated heterocycles. The largest absolute Gasteiger partial charge is 0.350 e. The zero-order chi connectivity index (χ0) is 13.4. The van der Waals surface area contributed by atoms with E-state index in [0.717, 1.165) is 24.8 Å². The molecule has 2 aromatic rings. The number of hydroxylamine groups is 2. The third-order valence-electron chi connectivity index (χ3n) is 3.86. The summed E-state index contributed by atoms with van der Waals surface area (Å²) in [5.74, 6) is 0. The van der Waals surface area contributed by atoms with Gasteiger partial charge >= 0.3 is 6.03 Å². The van der Waals surface area contributed by atoms with E-state index < -0.39 is 6.03 Å². The van der Waals surface area contributed by atoms with Crippen LogP contribution in [0.25, 0.3) is 10.8 Å². The van der Waals surface area contributed by atoms with E-state index in [4.69, 9.17) is 5.73 Å². The number of fused-ring (bicyclic) bond motifs is 3. The molecule has 4 heteroatoms. The zero-order valence-electron chi connectivity index (χ0n) is 10.5. The molecule has 0 radical (unpaired) electrons. The van der Waals surface area contributed by atoms with Crippen LogP contribution in [-0.4, -0.2) is 16.3 Å². The van der Waals surface area contributed by atoms with Crippen molar-refractivity contribution in [2.24, 2.45) is 5.73 Å². The van der Waals surface area contributed by atoms with Crippen molar-refractivity contribution in [1.29, 1.82) is 0 Å². The minimum atomic E-state index is -0.800. The molecule has 0 bridgehead atoms. The van der Waals surface area contributed by atoms with Crippen molar-refractivity contribution in [1.82, 2.24) is 5.06 Å². The molecule has 0 spiro atoms. The number of nitrogens with two attached hydrogens (primary N) is 1. The topological polar surface area (TPSA) is 66.6 Å². The quantitative estimate of drug-likeness (QED) is 0.608. The van der Waals surface area contributed by atoms with Crippen LogP contribution < -0.4 is 5.73 Å². The maximum absolute atomic E-state index is 11.2. The second-order valence-electron chi connectivity index (χ2n) is 4.95. The van der Waals surface area contributed by atoms with Crippen LogP contribution in [0.5, 0.6) is 0 Å². The van der Waals surface area contributed by atoms with Crippen molar-refractivity contribution in [2.45, 2.75) is 25.3 Å². The summed E-state index contributed by atoms with van der Waals surface area (Å²) in [6.07, 6.45) is 2.65. The highest BCUT2D eigenvalue weighted by atomic mass is 16.5. The number of amides is 2. The minimum Gasteiger partial charge on any atom is -0.350 e. The lowest BCUT2D eigenvalue weighted by molar-refractivity contribution is -0.0807. The predicted molar refractivity (Wildman–Crippen MR) is 72.8 cm³/mol. The lowest BCUT2D eigenvalue weighted by Gasteiger charge is -2.31. The number of urea groups is 1. The van der Waals surface area contributed by atoms with Crippen LogP contribution in [-0.2, 0) is 6.42 Å². The first-order valence-corrected chi connectivity index (χ1v) is 6.46. The second-order valence-corrected chi connectivity index (χ2v) is 4.95. The van der Waals surface area contributed by atoms with E-state index in [1.54, 1.807) is 0 Å². The van der Waals surface area contributed by atoms with Crippen molar-refractivity contribution < 1.29 is 10.0 Å². The standard InChI is InChI=1S/C15H16N2O2/c16-15(18)17(19)14-7-3-6-12-11-5-2-1-4-10(11)8-9-13(12)14/h1-2,4-5,8-9,14,19H,3,6-7H2,(H2,16,18)/t14-/m1/s1. The molecule has 1 aliphatic rings. The number of benzene rings is 2. The third-order valence-corrected chi connectivity index (χ3v) is 3.86. The fraction of sp³-hybridized carbons (Fsp3) is 0.267. The van der Waals surface area contributed by atoms with E-state index in [1.165, 1.54) is 16.3 Å². The first kappa shape index (κ1) is 12.0. The smallest absolute Gasteiger partial charge is 0.339 e. The van der Waals surface area contributed by atoms with Gasteiger partial charge in [-0.05, 0) is 41.2 Å². The van der Waals surface area contributed by atoms with Gasteiger partial charge in [-0.25, -0.2) is 4.79 Å². The van der Waals surface area contributed by atoms with Gasteiger partial charge in [0.05, 0.1) is 6.04 Å². The summed E-state index contributed by atoms with van der Waals surface area (Å²) in [5, 5.41) is 12.9. The highest BCUT2D eigenvalue weighted by Crippen LogP contribution is 2.37. The molecule has 0 aliphatic heterocycles. The zero-order valence-corrected chi connectivity index (χ0v) is 10.5. The number of hydrogen-bond acceptors (Lipinski definition) is 2. The Bertz CT molecular complexity index is 639. The summed E-state index contributed by atoms with van der Waals surface area (Å²) in [6.45, 7) is 0. The van der Waals surface area contributed by atoms with Crippen LogP contribution in [0, 0.1) is 0 Å². The predicted octanol–water partition coefficient (Wildman–Crippen LogP) is 2.99. The lowest BCUT2D eigenvalue weighted by Crippen LogP contribution is -2.37. The van der Waals surface area contributed by atoms with Gasteiger partial charge in [0.15, 0.2) is 0 Å². The Hall–Kier alpha value is -2.07. The molecule has 4 nitrogen and oxygen atoms in total. The molecule has 98 valence electrons. The summed E-state index contributed by atoms with van der Waals surface area (Å²) in [5.41, 5.74) is 7.40. The summed E-state index contributed by atoms with van der Waals surface area (Å²) in [6, 6.07) is 11.1. The molecule has 2 aromatic carbocycles. The van der Waals surface area contributed by atoms with Crippen LogP contribution in [0.3, 0.4) is 0 Å². The number of primary amides is 1. The van der Waals surface area contributed by atoms with E-state index >= 15 is 0 Å². The first-order chi connectivity index (χ1) is 9.18. The normalized spacial score (nSPS) is 18.1. The highest BCUT2D eigenvalue weighted by molar-refractivity contribution is 5.87. The summed E-state index contributed by atoms with van der Waals surface area (Å²) in [7, 11) is 0. The van der Waals surface area contributed by atoms with Crippen LogP contribution in [0.15, 0.2) is 36.4 Å². The average molecular weight is 256 g/mol. The molecule has 1 aliphatic carbocycles. The molecule has 0 aromatic heterocycles. The number of carbonyl (C=O) groups excluding carboxylic acids is 1. The van der Waals surface area contributed by atoms with Gasteiger partial charge in [0.2, 0.25) is 0 Å². The van der Waals surface area contributed by atoms with E-state index in [1.807, 2.05) is 24.3 Å². The number of carbonyl (C=O) groups is 1. The van der Waals surface area contributed by atoms with Crippen molar-refractivity contribution >= 4 is 16.8 Å². The van der Waals surface area contributed by atoms with Crippen LogP contribution in [0.2, 0.25) is 0 Å². The Morgan fingerprint density at radius 1 is 1.26 bits per heavy atom. The lowest BCUT2D eigenvalue weighted by atomic mass is 9.84. The minimum absolute atomic E-state index is 0.328. The average Bonchev–Trinajstić information content (AvgIpc) is 2.45. The van der Waals surface area contributed by atoms with Crippen LogP contribution in [0.4, 0.5) is 4.79 Å². The number of aryl methyl sites for hydroxylation is 1. The van der Waals surface area contributed by atoms with E-state index in [-0.39, 0.29) is 6.04 Å². The van der Waals surface area contributed by atoms with Crippen LogP contribution in [0.1, 0.15) is 30.0 Å². The fourth-order valence-electron chi connectivity index (χ4n) is 2.98. The Balaban J connectivity index is 2.15. The molecule has 3 rings (SSSR count). The molecule has 0 unspecified atom stereocenters. The van der Waals surface area contributed by atoms with Crippen molar-refractivity contribution in [3.8, 4) is 0 Å². The van der Waals surface area contributed by atoms with Gasteiger partial charge in [-0.2, -0.15) is 5.06 Å². The van der Waals surface area contributed by atoms with Gasteiger partial charge in [-0.1, -0.05) is 36.4 Å². The molecule has 2 amide bonds. The van der Waals surface area contributed by atoms with Gasteiger partial charge in [0.1, 0.15) is 0 Å². The third kappa shape index (κ3) is 1.94. The van der Waals surface area contributed by atoms with E-state index in [0.29, 0.717) is 5.06 Å². The number of rotatable bonds is 1. The second kappa shape index (κ2) is 4.55. The van der Waals surface area contributed by atoms with Crippen molar-refractivity contribution in [3.63, 3.8) is 0 Å². The molecular weight excluding hydrogens is 240 g/mol. The maximum Gasteiger partial charge on any atom is 0.339 e. The Kier molecular flexibility index (Phi) is 2.87. The van der Waals surface area contributed by atoms with Gasteiger partial charge < -0.3 is 5.73 Å². The van der Waals surface area contributed by atoms with Gasteiger partial charge in [-0.15, -0.1) is 0 Å². The molecule has 0 fully saturated rings. The number of hydrogen-bond donors (Lipinski definition) is 2. The molecule has 3 N–H and O–H groups in total. The molecule has 19 heavy (non-hydrogen) atoms. The monoisotopic (exact) mass is 256 g/mol. The first-order valence-electron chi connectivity index (χ1n) is 6.46. The Labute approximate surface area is 111 Å². The summed E-state index contributed by atoms with van der Waals surface area (Å²) in [4.78, 5) is 11.2.